The summed E-state index contributed by atoms with van der Waals surface area (Å²) in [6.45, 7) is 0. The van der Waals surface area contributed by atoms with E-state index in [4.69, 9.17) is 20.4 Å². The lowest BCUT2D eigenvalue weighted by atomic mass is 10.8. The fourth-order valence-electron chi connectivity index (χ4n) is 0.464. The Balaban J connectivity index is 4.42. The third kappa shape index (κ3) is 6.62. The van der Waals surface area contributed by atoms with Crippen LogP contribution in [0.2, 0.25) is 0 Å². The van der Waals surface area contributed by atoms with Crippen LogP contribution in [0.4, 0.5) is 0 Å². The monoisotopic (exact) mass is 230 g/mol. The predicted octanol–water partition coefficient (Wildman–Crippen LogP) is -0.982. The molecule has 76 valence electrons. The maximum absolute atomic E-state index is 10.3. The predicted molar refractivity (Wildman–Crippen MR) is 46.1 cm³/mol. The van der Waals surface area contributed by atoms with Crippen molar-refractivity contribution in [3.05, 3.63) is 0 Å². The first-order chi connectivity index (χ1) is 5.72. The van der Waals surface area contributed by atoms with Crippen molar-refractivity contribution >= 4 is 21.7 Å². The highest BCUT2D eigenvalue weighted by Gasteiger charge is 2.19. The lowest BCUT2D eigenvalue weighted by Gasteiger charge is -2.10. The van der Waals surface area contributed by atoms with Gasteiger partial charge in [-0.25, -0.2) is 4.57 Å². The van der Waals surface area contributed by atoms with Gasteiger partial charge in [0.1, 0.15) is 0 Å². The number of rotatable bonds is 3. The molecule has 5 N–H and O–H groups in total. The number of nitrogens with zero attached hydrogens (tertiary/aromatic N) is 2. The van der Waals surface area contributed by atoms with Crippen LogP contribution in [-0.2, 0) is 9.13 Å². The van der Waals surface area contributed by atoms with Crippen molar-refractivity contribution in [2.24, 2.45) is 10.5 Å². The van der Waals surface area contributed by atoms with E-state index in [-0.39, 0.29) is 6.29 Å². The van der Waals surface area contributed by atoms with Crippen LogP contribution in [0.25, 0.3) is 0 Å². The summed E-state index contributed by atoms with van der Waals surface area (Å²) < 4.78 is 23.4. The molecule has 13 heavy (non-hydrogen) atoms. The van der Waals surface area contributed by atoms with Gasteiger partial charge in [-0.15, -0.1) is 4.76 Å². The highest BCUT2D eigenvalue weighted by Crippen LogP contribution is 2.36. The van der Waals surface area contributed by atoms with Gasteiger partial charge in [0.05, 0.1) is 0 Å². The Morgan fingerprint density at radius 2 is 2.15 bits per heavy atom. The molecule has 0 aliphatic heterocycles. The van der Waals surface area contributed by atoms with Crippen molar-refractivity contribution in [3.63, 3.8) is 0 Å². The molecule has 0 radical (unpaired) electrons. The van der Waals surface area contributed by atoms with E-state index in [0.717, 1.165) is 4.90 Å². The normalized spacial score (nSPS) is 14.2. The summed E-state index contributed by atoms with van der Waals surface area (Å²) in [7, 11) is -5.74. The maximum Gasteiger partial charge on any atom is 0.527 e. The Morgan fingerprint density at radius 1 is 1.69 bits per heavy atom. The quantitative estimate of drug-likeness (QED) is 0.277. The average Bonchev–Trinajstić information content (AvgIpc) is 1.81. The second-order valence-electron chi connectivity index (χ2n) is 2.16. The Labute approximate surface area is 75.2 Å². The molecule has 0 heterocycles. The van der Waals surface area contributed by atoms with Gasteiger partial charge in [-0.05, 0) is 4.57 Å². The van der Waals surface area contributed by atoms with E-state index < -0.39 is 21.7 Å². The molecule has 1 unspecified atom stereocenters. The third-order valence-electron chi connectivity index (χ3n) is 0.957. The number of guanidine groups is 1. The molecule has 0 saturated carbocycles. The van der Waals surface area contributed by atoms with Crippen LogP contribution in [0.15, 0.2) is 4.76 Å². The number of hydrogen-bond acceptors (Lipinski definition) is 2. The number of nitrogens with two attached hydrogens (primary N) is 1. The zero-order chi connectivity index (χ0) is 10.6. The van der Waals surface area contributed by atoms with E-state index in [2.05, 4.69) is 4.76 Å². The van der Waals surface area contributed by atoms with Gasteiger partial charge >= 0.3 is 15.8 Å². The summed E-state index contributed by atoms with van der Waals surface area (Å²) in [4.78, 5) is 26.1. The van der Waals surface area contributed by atoms with Gasteiger partial charge in [0.2, 0.25) is 5.96 Å². The van der Waals surface area contributed by atoms with Crippen molar-refractivity contribution in [2.45, 2.75) is 0 Å². The van der Waals surface area contributed by atoms with Gasteiger partial charge < -0.3 is 20.4 Å². The standard InChI is InChI=1S/C3H9N3O5P2/c1-6(2-12(7)8)3(4)5-13(9,10)11/h2H2,1H3,(H4-,4,5,7,8,9,10,11)/p+1. The summed E-state index contributed by atoms with van der Waals surface area (Å²) in [5, 5.41) is 0. The Bertz CT molecular complexity index is 272. The lowest BCUT2D eigenvalue weighted by Crippen LogP contribution is -2.33. The van der Waals surface area contributed by atoms with Gasteiger partial charge in [-0.2, -0.15) is 4.89 Å². The van der Waals surface area contributed by atoms with Crippen molar-refractivity contribution in [2.75, 3.05) is 13.3 Å². The van der Waals surface area contributed by atoms with Crippen molar-refractivity contribution in [3.8, 4) is 0 Å². The lowest BCUT2D eigenvalue weighted by molar-refractivity contribution is 0.373. The second kappa shape index (κ2) is 4.64. The summed E-state index contributed by atoms with van der Waals surface area (Å²) in [5.41, 5.74) is 5.10. The summed E-state index contributed by atoms with van der Waals surface area (Å²) >= 11 is 0. The average molecular weight is 230 g/mol. The van der Waals surface area contributed by atoms with Gasteiger partial charge in [-0.3, -0.25) is 0 Å². The summed E-state index contributed by atoms with van der Waals surface area (Å²) in [5.74, 6) is -0.481. The van der Waals surface area contributed by atoms with Gasteiger partial charge in [0.15, 0.2) is 0 Å². The molecular formula is C3H10N3O5P2+. The van der Waals surface area contributed by atoms with E-state index in [1.807, 2.05) is 0 Å². The van der Waals surface area contributed by atoms with Crippen molar-refractivity contribution in [1.29, 1.82) is 0 Å². The molecule has 0 bridgehead atoms. The zero-order valence-electron chi connectivity index (χ0n) is 6.73. The van der Waals surface area contributed by atoms with Crippen LogP contribution >= 0.6 is 15.8 Å². The van der Waals surface area contributed by atoms with Gasteiger partial charge in [0, 0.05) is 7.05 Å². The second-order valence-corrected chi connectivity index (χ2v) is 4.38. The Morgan fingerprint density at radius 3 is 2.46 bits per heavy atom. The van der Waals surface area contributed by atoms with E-state index >= 15 is 0 Å². The molecule has 0 saturated heterocycles. The molecule has 0 aliphatic carbocycles. The van der Waals surface area contributed by atoms with E-state index in [0.29, 0.717) is 0 Å². The highest BCUT2D eigenvalue weighted by molar-refractivity contribution is 7.50. The van der Waals surface area contributed by atoms with Crippen molar-refractivity contribution < 1.29 is 23.8 Å². The molecule has 0 rings (SSSR count). The Hall–Kier alpha value is -0.520. The van der Waals surface area contributed by atoms with Crippen LogP contribution in [0, 0.1) is 0 Å². The molecule has 0 spiro atoms. The smallest absolute Gasteiger partial charge is 0.369 e. The first kappa shape index (κ1) is 12.5. The summed E-state index contributed by atoms with van der Waals surface area (Å²) in [6, 6.07) is 0. The van der Waals surface area contributed by atoms with Crippen LogP contribution in [0.5, 0.6) is 0 Å². The molecule has 8 nitrogen and oxygen atoms in total. The molecule has 0 aromatic carbocycles. The fraction of sp³-hybridized carbons (Fsp3) is 0.667. The molecule has 0 fully saturated rings. The van der Waals surface area contributed by atoms with Crippen LogP contribution in [0.1, 0.15) is 0 Å². The van der Waals surface area contributed by atoms with E-state index in [1.165, 1.54) is 7.05 Å². The molecule has 0 aromatic heterocycles. The minimum atomic E-state index is -4.57. The van der Waals surface area contributed by atoms with Gasteiger partial charge in [0.25, 0.3) is 6.29 Å². The Kier molecular flexibility index (Phi) is 4.46. The third-order valence-corrected chi connectivity index (χ3v) is 2.09. The number of hydrogen-bond donors (Lipinski definition) is 4. The maximum atomic E-state index is 10.3. The van der Waals surface area contributed by atoms with E-state index in [9.17, 15) is 9.13 Å². The van der Waals surface area contributed by atoms with Crippen LogP contribution in [0.3, 0.4) is 0 Å². The van der Waals surface area contributed by atoms with Crippen molar-refractivity contribution in [1.82, 2.24) is 4.90 Å². The largest absolute Gasteiger partial charge is 0.527 e. The minimum Gasteiger partial charge on any atom is -0.369 e. The minimum absolute atomic E-state index is 0.329. The molecule has 10 heteroatoms. The fourth-order valence-corrected chi connectivity index (χ4v) is 1.39. The summed E-state index contributed by atoms with van der Waals surface area (Å²) in [6.07, 6.45) is -0.329. The first-order valence-corrected chi connectivity index (χ1v) is 5.94. The molecule has 0 aromatic rings. The molecule has 0 amide bonds. The highest BCUT2D eigenvalue weighted by atomic mass is 31.2. The van der Waals surface area contributed by atoms with Crippen LogP contribution in [-0.4, -0.2) is 38.9 Å². The van der Waals surface area contributed by atoms with Crippen LogP contribution < -0.4 is 5.73 Å². The van der Waals surface area contributed by atoms with Gasteiger partial charge in [-0.1, -0.05) is 0 Å². The molecule has 1 atom stereocenters. The first-order valence-electron chi connectivity index (χ1n) is 2.98. The SMILES string of the molecule is CN(C[P+](=O)O)C(N)=NP(=O)(O)O. The topological polar surface area (TPSA) is 136 Å². The molecule has 0 aliphatic rings. The van der Waals surface area contributed by atoms with E-state index in [1.54, 1.807) is 0 Å². The molecular weight excluding hydrogens is 220 g/mol. The zero-order valence-corrected chi connectivity index (χ0v) is 8.52.